The maximum atomic E-state index is 13.7. The number of benzene rings is 2. The summed E-state index contributed by atoms with van der Waals surface area (Å²) in [5, 5.41) is 6.52. The van der Waals surface area contributed by atoms with Crippen molar-refractivity contribution in [2.24, 2.45) is 0 Å². The molecule has 5 heteroatoms. The van der Waals surface area contributed by atoms with Crippen LogP contribution in [0.2, 0.25) is 0 Å². The van der Waals surface area contributed by atoms with E-state index in [9.17, 15) is 4.79 Å². The molecule has 0 saturated carbocycles. The van der Waals surface area contributed by atoms with E-state index < -0.39 is 0 Å². The summed E-state index contributed by atoms with van der Waals surface area (Å²) in [6.45, 7) is 12.3. The summed E-state index contributed by atoms with van der Waals surface area (Å²) in [4.78, 5) is 13.7. The Hall–Kier alpha value is -2.66. The number of carbonyl (C=O) groups excluding carboxylic acids is 1. The van der Waals surface area contributed by atoms with Crippen LogP contribution in [0.1, 0.15) is 131 Å². The van der Waals surface area contributed by atoms with E-state index in [1.165, 1.54) is 75.6 Å². The zero-order valence-electron chi connectivity index (χ0n) is 26.3. The minimum atomic E-state index is -0.132. The number of nitrogens with zero attached hydrogens (tertiary/aromatic N) is 1. The first-order valence-electron chi connectivity index (χ1n) is 15.9. The van der Waals surface area contributed by atoms with Gasteiger partial charge in [0.05, 0.1) is 23.2 Å². The fourth-order valence-electron chi connectivity index (χ4n) is 5.27. The van der Waals surface area contributed by atoms with E-state index in [1.807, 2.05) is 30.3 Å². The van der Waals surface area contributed by atoms with Gasteiger partial charge in [0, 0.05) is 18.1 Å². The maximum Gasteiger partial charge on any atom is 0.259 e. The van der Waals surface area contributed by atoms with E-state index in [-0.39, 0.29) is 11.3 Å². The average Bonchev–Trinajstić information content (AvgIpc) is 3.35. The van der Waals surface area contributed by atoms with Crippen LogP contribution < -0.4 is 14.6 Å². The number of amides is 1. The van der Waals surface area contributed by atoms with E-state index in [2.05, 4.69) is 68.2 Å². The molecule has 0 radical (unpaired) electrons. The number of rotatable bonds is 18. The van der Waals surface area contributed by atoms with Crippen LogP contribution in [0.5, 0.6) is 5.75 Å². The first-order valence-corrected chi connectivity index (χ1v) is 16.8. The van der Waals surface area contributed by atoms with Gasteiger partial charge in [-0.1, -0.05) is 140 Å². The van der Waals surface area contributed by atoms with Gasteiger partial charge in [0.25, 0.3) is 5.91 Å². The quantitative estimate of drug-likeness (QED) is 0.121. The Morgan fingerprint density at radius 1 is 0.854 bits per heavy atom. The Morgan fingerprint density at radius 2 is 1.49 bits per heavy atom. The number of hydrogen-bond donors (Lipinski definition) is 1. The highest BCUT2D eigenvalue weighted by molar-refractivity contribution is 7.09. The molecule has 2 aromatic carbocycles. The number of aromatic nitrogens is 1. The topological polar surface area (TPSA) is 42.2 Å². The molecule has 41 heavy (non-hydrogen) atoms. The highest BCUT2D eigenvalue weighted by Gasteiger charge is 2.25. The lowest BCUT2D eigenvalue weighted by molar-refractivity contribution is -0.689. The highest BCUT2D eigenvalue weighted by atomic mass is 32.1. The molecule has 1 heterocycles. The Labute approximate surface area is 253 Å². The summed E-state index contributed by atoms with van der Waals surface area (Å²) in [6, 6.07) is 14.0. The number of nitrogens with one attached hydrogen (secondary N) is 1. The largest absolute Gasteiger partial charge is 0.492 e. The summed E-state index contributed by atoms with van der Waals surface area (Å²) < 4.78 is 8.62. The molecule has 4 nitrogen and oxygen atoms in total. The number of ether oxygens (including phenoxy) is 1. The second kappa shape index (κ2) is 17.3. The Balaban J connectivity index is 1.56. The fraction of sp³-hybridized carbons (Fsp3) is 0.556. The Morgan fingerprint density at radius 3 is 2.10 bits per heavy atom. The van der Waals surface area contributed by atoms with E-state index in [4.69, 9.17) is 4.74 Å². The van der Waals surface area contributed by atoms with Crippen LogP contribution in [0.15, 0.2) is 54.0 Å². The molecule has 1 N–H and O–H groups in total. The second-order valence-electron chi connectivity index (χ2n) is 12.3. The van der Waals surface area contributed by atoms with Crippen molar-refractivity contribution in [1.29, 1.82) is 0 Å². The third-order valence-electron chi connectivity index (χ3n) is 7.80. The van der Waals surface area contributed by atoms with Crippen molar-refractivity contribution in [2.75, 3.05) is 11.9 Å². The molecular formula is C36H53N2O2S+. The van der Waals surface area contributed by atoms with Gasteiger partial charge in [-0.2, -0.15) is 4.57 Å². The van der Waals surface area contributed by atoms with E-state index in [0.29, 0.717) is 12.2 Å². The summed E-state index contributed by atoms with van der Waals surface area (Å²) in [6.07, 6.45) is 17.9. The summed E-state index contributed by atoms with van der Waals surface area (Å²) >= 11 is 1.72. The van der Waals surface area contributed by atoms with Gasteiger partial charge in [0.2, 0.25) is 5.01 Å². The average molecular weight is 578 g/mol. The molecule has 0 bridgehead atoms. The lowest BCUT2D eigenvalue weighted by Crippen LogP contribution is -2.34. The Kier molecular flexibility index (Phi) is 13.9. The molecule has 0 unspecified atom stereocenters. The van der Waals surface area contributed by atoms with Gasteiger partial charge in [0.1, 0.15) is 5.75 Å². The van der Waals surface area contributed by atoms with Crippen molar-refractivity contribution >= 4 is 22.9 Å². The third-order valence-corrected chi connectivity index (χ3v) is 8.64. The van der Waals surface area contributed by atoms with Crippen LogP contribution in [0.4, 0.5) is 5.69 Å². The Bertz CT molecular complexity index is 1190. The summed E-state index contributed by atoms with van der Waals surface area (Å²) in [5.41, 5.74) is 3.46. The van der Waals surface area contributed by atoms with Crippen molar-refractivity contribution in [3.05, 3.63) is 75.7 Å². The van der Waals surface area contributed by atoms with E-state index in [1.54, 1.807) is 11.3 Å². The van der Waals surface area contributed by atoms with Crippen LogP contribution in [0.3, 0.4) is 0 Å². The van der Waals surface area contributed by atoms with Crippen LogP contribution >= 0.6 is 11.3 Å². The third kappa shape index (κ3) is 10.9. The first kappa shape index (κ1) is 32.8. The molecule has 3 aromatic rings. The summed E-state index contributed by atoms with van der Waals surface area (Å²) in [7, 11) is 0. The highest BCUT2D eigenvalue weighted by Crippen LogP contribution is 2.35. The van der Waals surface area contributed by atoms with Gasteiger partial charge in [0.15, 0.2) is 12.7 Å². The normalized spacial score (nSPS) is 11.5. The number of carbonyl (C=O) groups is 1. The van der Waals surface area contributed by atoms with Gasteiger partial charge in [-0.3, -0.25) is 4.79 Å². The molecular weight excluding hydrogens is 524 g/mol. The molecule has 224 valence electrons. The predicted molar refractivity (Wildman–Crippen MR) is 174 cm³/mol. The number of unbranched alkanes of at least 4 members (excludes halogenated alkanes) is 11. The van der Waals surface area contributed by atoms with Crippen molar-refractivity contribution in [3.63, 3.8) is 0 Å². The van der Waals surface area contributed by atoms with Gasteiger partial charge in [-0.15, -0.1) is 0 Å². The van der Waals surface area contributed by atoms with Gasteiger partial charge in [-0.05, 0) is 24.0 Å². The molecule has 0 fully saturated rings. The van der Waals surface area contributed by atoms with Crippen LogP contribution in [-0.4, -0.2) is 12.5 Å². The minimum absolute atomic E-state index is 0.125. The second-order valence-corrected chi connectivity index (χ2v) is 13.4. The van der Waals surface area contributed by atoms with Gasteiger partial charge in [-0.25, -0.2) is 0 Å². The molecule has 0 saturated heterocycles. The van der Waals surface area contributed by atoms with Gasteiger partial charge >= 0.3 is 0 Å². The van der Waals surface area contributed by atoms with E-state index in [0.717, 1.165) is 35.5 Å². The number of thiazole rings is 1. The predicted octanol–water partition coefficient (Wildman–Crippen LogP) is 10.0. The number of anilines is 1. The standard InChI is InChI=1S/C36H52N2O2S/c1-6-7-8-9-10-11-12-13-14-15-16-19-26-40-34-31(22-20-23-32(34)36(3,4)5)35(39)37-33-24-18-17-21-30(33)28-38-25-27-41-29(38)2/h17-18,20-25,27H,6-16,19,26,28H2,1-5H3/p+1. The molecule has 0 atom stereocenters. The van der Waals surface area contributed by atoms with Crippen LogP contribution in [0, 0.1) is 6.92 Å². The van der Waals surface area contributed by atoms with E-state index >= 15 is 0 Å². The fourth-order valence-corrected chi connectivity index (χ4v) is 5.94. The lowest BCUT2D eigenvalue weighted by atomic mass is 9.85. The molecule has 0 aliphatic carbocycles. The first-order chi connectivity index (χ1) is 19.8. The van der Waals surface area contributed by atoms with Crippen molar-refractivity contribution in [2.45, 2.75) is 124 Å². The lowest BCUT2D eigenvalue weighted by Gasteiger charge is -2.25. The number of aryl methyl sites for hydroxylation is 1. The molecule has 0 aliphatic rings. The zero-order chi connectivity index (χ0) is 29.5. The van der Waals surface area contributed by atoms with Crippen molar-refractivity contribution < 1.29 is 14.1 Å². The maximum absolute atomic E-state index is 13.7. The number of hydrogen-bond acceptors (Lipinski definition) is 3. The molecule has 1 aromatic heterocycles. The number of para-hydroxylation sites is 2. The smallest absolute Gasteiger partial charge is 0.259 e. The molecule has 1 amide bonds. The van der Waals surface area contributed by atoms with Crippen LogP contribution in [0.25, 0.3) is 0 Å². The van der Waals surface area contributed by atoms with Gasteiger partial charge < -0.3 is 10.1 Å². The molecule has 0 spiro atoms. The minimum Gasteiger partial charge on any atom is -0.492 e. The zero-order valence-corrected chi connectivity index (χ0v) is 27.1. The van der Waals surface area contributed by atoms with Crippen LogP contribution in [-0.2, 0) is 12.0 Å². The summed E-state index contributed by atoms with van der Waals surface area (Å²) in [5.74, 6) is 0.599. The molecule has 0 aliphatic heterocycles. The molecule has 3 rings (SSSR count). The van der Waals surface area contributed by atoms with Crippen molar-refractivity contribution in [1.82, 2.24) is 0 Å². The monoisotopic (exact) mass is 577 g/mol. The SMILES string of the molecule is CCCCCCCCCCCCCCOc1c(C(=O)Nc2ccccc2C[n+]2ccsc2C)cccc1C(C)(C)C. The van der Waals surface area contributed by atoms with Crippen molar-refractivity contribution in [3.8, 4) is 5.75 Å².